The van der Waals surface area contributed by atoms with Crippen LogP contribution in [0.4, 0.5) is 0 Å². The molecule has 5 rings (SSSR count). The van der Waals surface area contributed by atoms with Crippen LogP contribution in [0.1, 0.15) is 29.8 Å². The van der Waals surface area contributed by atoms with Crippen LogP contribution in [-0.4, -0.2) is 47.6 Å². The Morgan fingerprint density at radius 1 is 0.909 bits per heavy atom. The highest BCUT2D eigenvalue weighted by Gasteiger charge is 2.50. The zero-order valence-corrected chi connectivity index (χ0v) is 17.7. The third-order valence-electron chi connectivity index (χ3n) is 6.06. The number of aliphatic hydroxyl groups is 1. The molecule has 2 aromatic rings. The van der Waals surface area contributed by atoms with Gasteiger partial charge in [-0.25, -0.2) is 9.59 Å². The molecular formula is C26H24O7. The number of carbonyl (C=O) groups is 2. The summed E-state index contributed by atoms with van der Waals surface area (Å²) in [5.41, 5.74) is 1.58. The van der Waals surface area contributed by atoms with Gasteiger partial charge in [0.15, 0.2) is 6.10 Å². The van der Waals surface area contributed by atoms with E-state index < -0.39 is 54.7 Å². The highest BCUT2D eigenvalue weighted by Crippen LogP contribution is 2.42. The summed E-state index contributed by atoms with van der Waals surface area (Å²) >= 11 is 0. The molecule has 0 bridgehead atoms. The van der Waals surface area contributed by atoms with Crippen LogP contribution in [0.5, 0.6) is 0 Å². The monoisotopic (exact) mass is 448 g/mol. The highest BCUT2D eigenvalue weighted by molar-refractivity contribution is 5.83. The summed E-state index contributed by atoms with van der Waals surface area (Å²) in [5, 5.41) is 11.3. The van der Waals surface area contributed by atoms with E-state index in [0.717, 1.165) is 5.56 Å². The molecule has 1 saturated heterocycles. The Labute approximate surface area is 191 Å². The molecule has 0 spiro atoms. The maximum absolute atomic E-state index is 12.0. The summed E-state index contributed by atoms with van der Waals surface area (Å²) in [5.74, 6) is -0.972. The molecule has 3 aliphatic heterocycles. The lowest BCUT2D eigenvalue weighted by Crippen LogP contribution is -2.43. The molecule has 0 aromatic heterocycles. The number of fused-ring (bicyclic) bond motifs is 1. The average Bonchev–Trinajstić information content (AvgIpc) is 3.20. The van der Waals surface area contributed by atoms with Crippen molar-refractivity contribution >= 4 is 11.9 Å². The third kappa shape index (κ3) is 4.48. The van der Waals surface area contributed by atoms with Gasteiger partial charge >= 0.3 is 11.9 Å². The molecule has 0 amide bonds. The lowest BCUT2D eigenvalue weighted by molar-refractivity contribution is -0.177. The summed E-state index contributed by atoms with van der Waals surface area (Å²) in [7, 11) is 0. The van der Waals surface area contributed by atoms with E-state index in [1.807, 2.05) is 60.7 Å². The predicted octanol–water partition coefficient (Wildman–Crippen LogP) is 2.97. The lowest BCUT2D eigenvalue weighted by Gasteiger charge is -2.34. The van der Waals surface area contributed by atoms with E-state index in [-0.39, 0.29) is 0 Å². The van der Waals surface area contributed by atoms with Gasteiger partial charge in [-0.05, 0) is 17.2 Å². The average molecular weight is 448 g/mol. The molecule has 7 unspecified atom stereocenters. The molecule has 7 atom stereocenters. The number of rotatable bonds is 6. The van der Waals surface area contributed by atoms with Gasteiger partial charge in [-0.15, -0.1) is 0 Å². The fourth-order valence-electron chi connectivity index (χ4n) is 4.49. The molecule has 0 aliphatic carbocycles. The Balaban J connectivity index is 1.49. The molecule has 1 fully saturated rings. The third-order valence-corrected chi connectivity index (χ3v) is 6.06. The van der Waals surface area contributed by atoms with Gasteiger partial charge in [-0.3, -0.25) is 0 Å². The summed E-state index contributed by atoms with van der Waals surface area (Å²) in [4.78, 5) is 23.8. The van der Waals surface area contributed by atoms with Gasteiger partial charge in [-0.2, -0.15) is 0 Å². The Kier molecular flexibility index (Phi) is 6.09. The van der Waals surface area contributed by atoms with Gasteiger partial charge in [0.1, 0.15) is 36.6 Å². The van der Waals surface area contributed by atoms with Crippen LogP contribution in [0.3, 0.4) is 0 Å². The SMILES string of the molecule is O=C1C=CCC(C(O)C(OC2C(c3ccccc3)OC3C=CC(=O)OC32)c2ccccc2)O1. The molecule has 170 valence electrons. The predicted molar refractivity (Wildman–Crippen MR) is 117 cm³/mol. The quantitative estimate of drug-likeness (QED) is 0.680. The number of carbonyl (C=O) groups excluding carboxylic acids is 2. The van der Waals surface area contributed by atoms with E-state index in [1.165, 1.54) is 12.2 Å². The van der Waals surface area contributed by atoms with Crippen molar-refractivity contribution in [3.05, 3.63) is 96.1 Å². The topological polar surface area (TPSA) is 91.3 Å². The molecule has 2 aromatic carbocycles. The Hall–Kier alpha value is -3.26. The first-order valence-electron chi connectivity index (χ1n) is 10.9. The van der Waals surface area contributed by atoms with E-state index in [9.17, 15) is 14.7 Å². The van der Waals surface area contributed by atoms with Gasteiger partial charge in [0.25, 0.3) is 0 Å². The molecular weight excluding hydrogens is 424 g/mol. The van der Waals surface area contributed by atoms with Crippen LogP contribution in [0.2, 0.25) is 0 Å². The van der Waals surface area contributed by atoms with E-state index in [2.05, 4.69) is 0 Å². The summed E-state index contributed by atoms with van der Waals surface area (Å²) in [6.45, 7) is 0. The number of esters is 2. The van der Waals surface area contributed by atoms with Crippen molar-refractivity contribution in [2.75, 3.05) is 0 Å². The van der Waals surface area contributed by atoms with Gasteiger partial charge in [0.05, 0.1) is 0 Å². The largest absolute Gasteiger partial charge is 0.456 e. The van der Waals surface area contributed by atoms with Crippen LogP contribution in [0.25, 0.3) is 0 Å². The van der Waals surface area contributed by atoms with E-state index in [4.69, 9.17) is 18.9 Å². The number of cyclic esters (lactones) is 1. The summed E-state index contributed by atoms with van der Waals surface area (Å²) < 4.78 is 23.7. The van der Waals surface area contributed by atoms with Crippen LogP contribution in [0, 0.1) is 0 Å². The fraction of sp³-hybridized carbons (Fsp3) is 0.308. The Morgan fingerprint density at radius 2 is 1.61 bits per heavy atom. The number of hydrogen-bond donors (Lipinski definition) is 1. The first kappa shape index (κ1) is 21.6. The summed E-state index contributed by atoms with van der Waals surface area (Å²) in [6.07, 6.45) is 1.28. The molecule has 3 aliphatic rings. The molecule has 7 nitrogen and oxygen atoms in total. The number of benzene rings is 2. The van der Waals surface area contributed by atoms with Crippen molar-refractivity contribution in [3.63, 3.8) is 0 Å². The van der Waals surface area contributed by atoms with Crippen LogP contribution in [0.15, 0.2) is 85.0 Å². The second kappa shape index (κ2) is 9.31. The van der Waals surface area contributed by atoms with Crippen molar-refractivity contribution in [1.82, 2.24) is 0 Å². The van der Waals surface area contributed by atoms with E-state index >= 15 is 0 Å². The number of aliphatic hydroxyl groups excluding tert-OH is 1. The Morgan fingerprint density at radius 3 is 2.33 bits per heavy atom. The maximum atomic E-state index is 12.0. The Bertz CT molecular complexity index is 1050. The van der Waals surface area contributed by atoms with Crippen molar-refractivity contribution in [3.8, 4) is 0 Å². The smallest absolute Gasteiger partial charge is 0.330 e. The number of hydrogen-bond acceptors (Lipinski definition) is 7. The van der Waals surface area contributed by atoms with Crippen molar-refractivity contribution in [1.29, 1.82) is 0 Å². The minimum atomic E-state index is -1.15. The van der Waals surface area contributed by atoms with Crippen LogP contribution < -0.4 is 0 Å². The van der Waals surface area contributed by atoms with Crippen LogP contribution >= 0.6 is 0 Å². The van der Waals surface area contributed by atoms with Crippen molar-refractivity contribution < 1.29 is 33.6 Å². The van der Waals surface area contributed by atoms with Gasteiger partial charge in [0, 0.05) is 18.6 Å². The lowest BCUT2D eigenvalue weighted by atomic mass is 9.95. The standard InChI is InChI=1S/C26H24O7/c27-20-13-7-12-18(30-20)22(29)23(16-8-3-1-4-9-16)33-26-24(17-10-5-2-6-11-17)31-19-14-15-21(28)32-25(19)26/h1-11,13-15,18-19,22-26,29H,12H2. The minimum Gasteiger partial charge on any atom is -0.456 e. The normalized spacial score (nSPS) is 30.3. The molecule has 7 heteroatoms. The van der Waals surface area contributed by atoms with Gasteiger partial charge < -0.3 is 24.1 Å². The summed E-state index contributed by atoms with van der Waals surface area (Å²) in [6, 6.07) is 18.8. The second-order valence-corrected chi connectivity index (χ2v) is 8.23. The van der Waals surface area contributed by atoms with Crippen molar-refractivity contribution in [2.24, 2.45) is 0 Å². The van der Waals surface area contributed by atoms with Gasteiger partial charge in [0.2, 0.25) is 0 Å². The van der Waals surface area contributed by atoms with Crippen molar-refractivity contribution in [2.45, 2.75) is 49.1 Å². The molecule has 0 saturated carbocycles. The number of ether oxygens (including phenoxy) is 4. The first-order valence-corrected chi connectivity index (χ1v) is 10.9. The highest BCUT2D eigenvalue weighted by atomic mass is 16.6. The zero-order valence-electron chi connectivity index (χ0n) is 17.7. The second-order valence-electron chi connectivity index (χ2n) is 8.23. The van der Waals surface area contributed by atoms with Gasteiger partial charge in [-0.1, -0.05) is 66.7 Å². The molecule has 3 heterocycles. The molecule has 1 N–H and O–H groups in total. The van der Waals surface area contributed by atoms with E-state index in [0.29, 0.717) is 12.0 Å². The van der Waals surface area contributed by atoms with Crippen LogP contribution in [-0.2, 0) is 28.5 Å². The molecule has 33 heavy (non-hydrogen) atoms. The first-order chi connectivity index (χ1) is 16.1. The maximum Gasteiger partial charge on any atom is 0.330 e. The minimum absolute atomic E-state index is 0.368. The zero-order chi connectivity index (χ0) is 22.8. The molecule has 0 radical (unpaired) electrons. The fourth-order valence-corrected chi connectivity index (χ4v) is 4.49. The van der Waals surface area contributed by atoms with E-state index in [1.54, 1.807) is 12.2 Å².